The number of hydrogen-bond acceptors (Lipinski definition) is 4. The van der Waals surface area contributed by atoms with E-state index in [1.54, 1.807) is 20.8 Å². The van der Waals surface area contributed by atoms with Gasteiger partial charge in [0.25, 0.3) is 0 Å². The van der Waals surface area contributed by atoms with Gasteiger partial charge >= 0.3 is 6.09 Å². The van der Waals surface area contributed by atoms with Gasteiger partial charge < -0.3 is 19.5 Å². The van der Waals surface area contributed by atoms with Crippen LogP contribution in [-0.2, 0) is 9.47 Å². The first kappa shape index (κ1) is 18.0. The molecular formula is C16H21ClFNO4. The standard InChI is InChI=1S/C16H21ClFNO4/c1-16(2,3)23-15(21)19-6-7-22-13(9-19)14(20)10-4-5-11(17)12(18)8-10/h4-5,8,13-14,20H,6-7,9H2,1-3H3/t13?,14-/m0/s1. The van der Waals surface area contributed by atoms with Crippen LogP contribution in [0.5, 0.6) is 0 Å². The fourth-order valence-corrected chi connectivity index (χ4v) is 2.39. The highest BCUT2D eigenvalue weighted by Gasteiger charge is 2.32. The van der Waals surface area contributed by atoms with Crippen molar-refractivity contribution < 1.29 is 23.8 Å². The monoisotopic (exact) mass is 345 g/mol. The zero-order valence-electron chi connectivity index (χ0n) is 13.4. The van der Waals surface area contributed by atoms with E-state index < -0.39 is 29.7 Å². The summed E-state index contributed by atoms with van der Waals surface area (Å²) in [4.78, 5) is 13.6. The third kappa shape index (κ3) is 4.80. The van der Waals surface area contributed by atoms with Crippen molar-refractivity contribution >= 4 is 17.7 Å². The van der Waals surface area contributed by atoms with Crippen LogP contribution in [-0.4, -0.2) is 47.5 Å². The number of morpholine rings is 1. The number of ether oxygens (including phenoxy) is 2. The average molecular weight is 346 g/mol. The molecule has 128 valence electrons. The van der Waals surface area contributed by atoms with Crippen molar-refractivity contribution in [1.29, 1.82) is 0 Å². The molecule has 1 heterocycles. The summed E-state index contributed by atoms with van der Waals surface area (Å²) >= 11 is 5.64. The van der Waals surface area contributed by atoms with Gasteiger partial charge in [-0.3, -0.25) is 0 Å². The van der Waals surface area contributed by atoms with Crippen molar-refractivity contribution in [2.75, 3.05) is 19.7 Å². The van der Waals surface area contributed by atoms with E-state index >= 15 is 0 Å². The second kappa shape index (κ2) is 7.03. The molecule has 1 saturated heterocycles. The van der Waals surface area contributed by atoms with Crippen molar-refractivity contribution in [2.24, 2.45) is 0 Å². The molecule has 0 radical (unpaired) electrons. The number of benzene rings is 1. The van der Waals surface area contributed by atoms with Gasteiger partial charge in [-0.1, -0.05) is 17.7 Å². The Hall–Kier alpha value is -1.37. The second-order valence-electron chi connectivity index (χ2n) is 6.45. The Morgan fingerprint density at radius 3 is 2.83 bits per heavy atom. The zero-order chi connectivity index (χ0) is 17.2. The van der Waals surface area contributed by atoms with Gasteiger partial charge in [-0.15, -0.1) is 0 Å². The van der Waals surface area contributed by atoms with Crippen LogP contribution in [0.25, 0.3) is 0 Å². The lowest BCUT2D eigenvalue weighted by Gasteiger charge is -2.36. The summed E-state index contributed by atoms with van der Waals surface area (Å²) in [5.74, 6) is -0.608. The molecule has 1 unspecified atom stereocenters. The molecule has 1 aromatic rings. The minimum atomic E-state index is -1.06. The van der Waals surface area contributed by atoms with Crippen LogP contribution < -0.4 is 0 Å². The Kier molecular flexibility index (Phi) is 5.49. The largest absolute Gasteiger partial charge is 0.444 e. The van der Waals surface area contributed by atoms with E-state index in [1.165, 1.54) is 23.1 Å². The highest BCUT2D eigenvalue weighted by molar-refractivity contribution is 6.30. The molecule has 0 saturated carbocycles. The van der Waals surface area contributed by atoms with Gasteiger partial charge in [0.15, 0.2) is 0 Å². The fraction of sp³-hybridized carbons (Fsp3) is 0.562. The van der Waals surface area contributed by atoms with Crippen LogP contribution in [0.3, 0.4) is 0 Å². The molecule has 1 aliphatic rings. The van der Waals surface area contributed by atoms with Gasteiger partial charge in [-0.05, 0) is 38.5 Å². The number of carbonyl (C=O) groups excluding carboxylic acids is 1. The molecule has 0 aliphatic carbocycles. The van der Waals surface area contributed by atoms with Crippen molar-refractivity contribution in [3.8, 4) is 0 Å². The molecule has 0 aromatic heterocycles. The van der Waals surface area contributed by atoms with Crippen LogP contribution in [0.2, 0.25) is 5.02 Å². The highest BCUT2D eigenvalue weighted by atomic mass is 35.5. The number of nitrogens with zero attached hydrogens (tertiary/aromatic N) is 1. The lowest BCUT2D eigenvalue weighted by atomic mass is 10.0. The first-order chi connectivity index (χ1) is 10.7. The Morgan fingerprint density at radius 1 is 1.52 bits per heavy atom. The van der Waals surface area contributed by atoms with Gasteiger partial charge in [0.1, 0.15) is 23.6 Å². The lowest BCUT2D eigenvalue weighted by Crippen LogP contribution is -2.49. The van der Waals surface area contributed by atoms with Crippen LogP contribution in [0.15, 0.2) is 18.2 Å². The van der Waals surface area contributed by atoms with E-state index in [9.17, 15) is 14.3 Å². The molecule has 1 fully saturated rings. The van der Waals surface area contributed by atoms with Gasteiger partial charge in [-0.2, -0.15) is 0 Å². The molecule has 1 aliphatic heterocycles. The molecule has 0 spiro atoms. The molecule has 1 aromatic carbocycles. The maximum atomic E-state index is 13.5. The van der Waals surface area contributed by atoms with Crippen molar-refractivity contribution in [2.45, 2.75) is 38.6 Å². The highest BCUT2D eigenvalue weighted by Crippen LogP contribution is 2.26. The van der Waals surface area contributed by atoms with Gasteiger partial charge in [0.2, 0.25) is 0 Å². The second-order valence-corrected chi connectivity index (χ2v) is 6.86. The third-order valence-electron chi connectivity index (χ3n) is 3.38. The number of halogens is 2. The minimum absolute atomic E-state index is 0.0131. The number of aliphatic hydroxyl groups is 1. The summed E-state index contributed by atoms with van der Waals surface area (Å²) in [6.07, 6.45) is -2.18. The van der Waals surface area contributed by atoms with Crippen LogP contribution in [0, 0.1) is 5.82 Å². The Bertz CT molecular complexity index is 576. The summed E-state index contributed by atoms with van der Waals surface area (Å²) in [6.45, 7) is 6.18. The van der Waals surface area contributed by atoms with Crippen molar-refractivity contribution in [3.05, 3.63) is 34.6 Å². The summed E-state index contributed by atoms with van der Waals surface area (Å²) in [6, 6.07) is 4.08. The Morgan fingerprint density at radius 2 is 2.22 bits per heavy atom. The first-order valence-corrected chi connectivity index (χ1v) is 7.78. The summed E-state index contributed by atoms with van der Waals surface area (Å²) in [5.41, 5.74) is -0.244. The summed E-state index contributed by atoms with van der Waals surface area (Å²) < 4.78 is 24.4. The van der Waals surface area contributed by atoms with Gasteiger partial charge in [0.05, 0.1) is 18.2 Å². The van der Waals surface area contributed by atoms with E-state index in [0.717, 1.165) is 0 Å². The normalized spacial score (nSPS) is 20.3. The van der Waals surface area contributed by atoms with Crippen LogP contribution in [0.4, 0.5) is 9.18 Å². The number of hydrogen-bond donors (Lipinski definition) is 1. The van der Waals surface area contributed by atoms with Crippen molar-refractivity contribution in [1.82, 2.24) is 4.90 Å². The maximum absolute atomic E-state index is 13.5. The fourth-order valence-electron chi connectivity index (χ4n) is 2.27. The zero-order valence-corrected chi connectivity index (χ0v) is 14.1. The quantitative estimate of drug-likeness (QED) is 0.894. The molecule has 0 bridgehead atoms. The molecule has 2 rings (SSSR count). The predicted octanol–water partition coefficient (Wildman–Crippen LogP) is 3.15. The Labute approximate surface area is 139 Å². The van der Waals surface area contributed by atoms with Gasteiger partial charge in [0, 0.05) is 6.54 Å². The Balaban J connectivity index is 2.05. The topological polar surface area (TPSA) is 59.0 Å². The number of aliphatic hydroxyl groups excluding tert-OH is 1. The molecule has 1 N–H and O–H groups in total. The smallest absolute Gasteiger partial charge is 0.410 e. The maximum Gasteiger partial charge on any atom is 0.410 e. The first-order valence-electron chi connectivity index (χ1n) is 7.40. The molecule has 23 heavy (non-hydrogen) atoms. The number of carbonyl (C=O) groups is 1. The SMILES string of the molecule is CC(C)(C)OC(=O)N1CCOC([C@@H](O)c2ccc(Cl)c(F)c2)C1. The summed E-state index contributed by atoms with van der Waals surface area (Å²) in [7, 11) is 0. The van der Waals surface area contributed by atoms with Crippen molar-refractivity contribution in [3.63, 3.8) is 0 Å². The van der Waals surface area contributed by atoms with E-state index in [1.807, 2.05) is 0 Å². The molecule has 2 atom stereocenters. The van der Waals surface area contributed by atoms with Crippen LogP contribution >= 0.6 is 11.6 Å². The minimum Gasteiger partial charge on any atom is -0.444 e. The van der Waals surface area contributed by atoms with E-state index in [4.69, 9.17) is 21.1 Å². The summed E-state index contributed by atoms with van der Waals surface area (Å²) in [5, 5.41) is 10.4. The molecule has 7 heteroatoms. The number of rotatable bonds is 2. The van der Waals surface area contributed by atoms with Crippen LogP contribution in [0.1, 0.15) is 32.4 Å². The molecule has 1 amide bonds. The molecule has 5 nitrogen and oxygen atoms in total. The van der Waals surface area contributed by atoms with E-state index in [2.05, 4.69) is 0 Å². The van der Waals surface area contributed by atoms with E-state index in [0.29, 0.717) is 12.1 Å². The predicted molar refractivity (Wildman–Crippen MR) is 83.9 cm³/mol. The average Bonchev–Trinajstić information content (AvgIpc) is 2.48. The third-order valence-corrected chi connectivity index (χ3v) is 3.69. The van der Waals surface area contributed by atoms with E-state index in [-0.39, 0.29) is 18.2 Å². The number of amides is 1. The molecular weight excluding hydrogens is 325 g/mol. The lowest BCUT2D eigenvalue weighted by molar-refractivity contribution is -0.0908. The van der Waals surface area contributed by atoms with Gasteiger partial charge in [-0.25, -0.2) is 9.18 Å².